The lowest BCUT2D eigenvalue weighted by Gasteiger charge is -2.31. The summed E-state index contributed by atoms with van der Waals surface area (Å²) in [6.45, 7) is 2.64. The molecule has 0 amide bonds. The molecule has 0 spiro atoms. The summed E-state index contributed by atoms with van der Waals surface area (Å²) in [5.74, 6) is 0. The monoisotopic (exact) mass is 369 g/mol. The van der Waals surface area contributed by atoms with Crippen molar-refractivity contribution in [1.82, 2.24) is 24.4 Å². The molecular formula is C19H20ClN5O. The van der Waals surface area contributed by atoms with Gasteiger partial charge in [0.05, 0.1) is 23.5 Å². The molecule has 6 nitrogen and oxygen atoms in total. The molecule has 3 aromatic heterocycles. The Kier molecular flexibility index (Phi) is 3.92. The Bertz CT molecular complexity index is 957. The van der Waals surface area contributed by atoms with E-state index in [4.69, 9.17) is 11.6 Å². The first-order valence-electron chi connectivity index (χ1n) is 9.07. The van der Waals surface area contributed by atoms with E-state index >= 15 is 0 Å². The first-order valence-corrected chi connectivity index (χ1v) is 9.44. The van der Waals surface area contributed by atoms with Crippen molar-refractivity contribution >= 4 is 22.6 Å². The fourth-order valence-corrected chi connectivity index (χ4v) is 4.69. The average molecular weight is 370 g/mol. The maximum absolute atomic E-state index is 10.7. The van der Waals surface area contributed by atoms with Gasteiger partial charge in [-0.1, -0.05) is 11.6 Å². The van der Waals surface area contributed by atoms with E-state index in [-0.39, 0.29) is 0 Å². The number of fused-ring (bicyclic) bond motifs is 5. The van der Waals surface area contributed by atoms with Crippen molar-refractivity contribution < 1.29 is 5.11 Å². The Balaban J connectivity index is 1.64. The van der Waals surface area contributed by atoms with Crippen LogP contribution < -0.4 is 0 Å². The highest BCUT2D eigenvalue weighted by molar-refractivity contribution is 6.31. The fourth-order valence-electron chi connectivity index (χ4n) is 4.53. The van der Waals surface area contributed by atoms with Crippen molar-refractivity contribution in [2.45, 2.75) is 38.0 Å². The second kappa shape index (κ2) is 6.30. The lowest BCUT2D eigenvalue weighted by Crippen LogP contribution is -2.31. The van der Waals surface area contributed by atoms with Crippen LogP contribution in [0.1, 0.15) is 41.9 Å². The normalized spacial score (nSPS) is 20.9. The highest BCUT2D eigenvalue weighted by Gasteiger charge is 2.36. The van der Waals surface area contributed by atoms with Crippen LogP contribution in [0.2, 0.25) is 5.02 Å². The molecule has 1 saturated heterocycles. The molecule has 0 radical (unpaired) electrons. The summed E-state index contributed by atoms with van der Waals surface area (Å²) >= 11 is 6.26. The zero-order valence-corrected chi connectivity index (χ0v) is 15.1. The standard InChI is InChI=1S/C19H20ClN5O/c20-12-8-13-18-15-2-1-6-24(15)7-3-16(18)25(19(13)23-9-12)11-17(26)14-10-21-4-5-22-14/h4-5,8-10,15,17,26H,1-3,6-7,11H2. The maximum atomic E-state index is 10.7. The van der Waals surface area contributed by atoms with E-state index in [0.29, 0.717) is 23.3 Å². The molecule has 0 aromatic carbocycles. The molecule has 1 fully saturated rings. The largest absolute Gasteiger partial charge is 0.385 e. The van der Waals surface area contributed by atoms with E-state index in [2.05, 4.69) is 24.4 Å². The molecule has 134 valence electrons. The molecule has 7 heteroatoms. The van der Waals surface area contributed by atoms with E-state index in [1.165, 1.54) is 24.1 Å². The Morgan fingerprint density at radius 2 is 2.15 bits per heavy atom. The number of halogens is 1. The summed E-state index contributed by atoms with van der Waals surface area (Å²) in [7, 11) is 0. The van der Waals surface area contributed by atoms with Gasteiger partial charge in [0.15, 0.2) is 0 Å². The van der Waals surface area contributed by atoms with Crippen LogP contribution in [0.15, 0.2) is 30.9 Å². The van der Waals surface area contributed by atoms with E-state index in [0.717, 1.165) is 30.5 Å². The molecule has 2 atom stereocenters. The Labute approximate surface area is 156 Å². The molecule has 26 heavy (non-hydrogen) atoms. The van der Waals surface area contributed by atoms with Gasteiger partial charge in [0, 0.05) is 48.7 Å². The molecule has 2 aliphatic heterocycles. The molecule has 0 saturated carbocycles. The van der Waals surface area contributed by atoms with Gasteiger partial charge in [0.2, 0.25) is 0 Å². The molecule has 5 heterocycles. The SMILES string of the molecule is OC(Cn1c2c(c3cc(Cl)cnc31)C1CCCN1CC2)c1cnccn1. The van der Waals surface area contributed by atoms with Gasteiger partial charge in [-0.15, -0.1) is 0 Å². The number of aliphatic hydroxyl groups excluding tert-OH is 1. The Morgan fingerprint density at radius 3 is 3.00 bits per heavy atom. The van der Waals surface area contributed by atoms with E-state index in [1.54, 1.807) is 24.8 Å². The predicted molar refractivity (Wildman–Crippen MR) is 99.0 cm³/mol. The van der Waals surface area contributed by atoms with Crippen molar-refractivity contribution in [1.29, 1.82) is 0 Å². The van der Waals surface area contributed by atoms with Crippen LogP contribution in [-0.4, -0.2) is 42.6 Å². The van der Waals surface area contributed by atoms with Crippen LogP contribution in [0, 0.1) is 0 Å². The number of rotatable bonds is 3. The zero-order chi connectivity index (χ0) is 17.7. The van der Waals surface area contributed by atoms with Gasteiger partial charge in [0.1, 0.15) is 11.8 Å². The van der Waals surface area contributed by atoms with Crippen molar-refractivity contribution in [3.63, 3.8) is 0 Å². The lowest BCUT2D eigenvalue weighted by molar-refractivity contribution is 0.150. The maximum Gasteiger partial charge on any atom is 0.140 e. The third-order valence-corrected chi connectivity index (χ3v) is 5.84. The Hall–Kier alpha value is -2.02. The minimum atomic E-state index is -0.720. The number of pyridine rings is 1. The molecule has 2 unspecified atom stereocenters. The van der Waals surface area contributed by atoms with Gasteiger partial charge in [-0.3, -0.25) is 14.9 Å². The van der Waals surface area contributed by atoms with Gasteiger partial charge in [-0.05, 0) is 31.0 Å². The minimum absolute atomic E-state index is 0.422. The summed E-state index contributed by atoms with van der Waals surface area (Å²) < 4.78 is 2.16. The zero-order valence-electron chi connectivity index (χ0n) is 14.3. The Morgan fingerprint density at radius 1 is 1.23 bits per heavy atom. The van der Waals surface area contributed by atoms with Crippen molar-refractivity contribution in [3.05, 3.63) is 52.8 Å². The van der Waals surface area contributed by atoms with Gasteiger partial charge in [-0.2, -0.15) is 0 Å². The average Bonchev–Trinajstić information content (AvgIpc) is 3.25. The third-order valence-electron chi connectivity index (χ3n) is 5.63. The molecule has 3 aromatic rings. The van der Waals surface area contributed by atoms with Crippen LogP contribution in [0.4, 0.5) is 0 Å². The quantitative estimate of drug-likeness (QED) is 0.768. The molecule has 2 aliphatic rings. The summed E-state index contributed by atoms with van der Waals surface area (Å²) in [6.07, 6.45) is 9.17. The van der Waals surface area contributed by atoms with Crippen LogP contribution in [0.3, 0.4) is 0 Å². The summed E-state index contributed by atoms with van der Waals surface area (Å²) in [5.41, 5.74) is 4.11. The summed E-state index contributed by atoms with van der Waals surface area (Å²) in [4.78, 5) is 15.5. The lowest BCUT2D eigenvalue weighted by atomic mass is 9.96. The molecule has 0 bridgehead atoms. The van der Waals surface area contributed by atoms with Crippen LogP contribution in [-0.2, 0) is 13.0 Å². The molecular weight excluding hydrogens is 350 g/mol. The van der Waals surface area contributed by atoms with Crippen LogP contribution in [0.5, 0.6) is 0 Å². The highest BCUT2D eigenvalue weighted by atomic mass is 35.5. The fraction of sp³-hybridized carbons (Fsp3) is 0.421. The van der Waals surface area contributed by atoms with Crippen LogP contribution in [0.25, 0.3) is 11.0 Å². The highest BCUT2D eigenvalue weighted by Crippen LogP contribution is 2.43. The number of aromatic nitrogens is 4. The smallest absolute Gasteiger partial charge is 0.140 e. The molecule has 5 rings (SSSR count). The topological polar surface area (TPSA) is 67.1 Å². The first kappa shape index (κ1) is 16.2. The number of hydrogen-bond acceptors (Lipinski definition) is 5. The van der Waals surface area contributed by atoms with Gasteiger partial charge in [-0.25, -0.2) is 4.98 Å². The number of nitrogens with zero attached hydrogens (tertiary/aromatic N) is 5. The van der Waals surface area contributed by atoms with Gasteiger partial charge < -0.3 is 9.67 Å². The van der Waals surface area contributed by atoms with E-state index in [9.17, 15) is 5.11 Å². The molecule has 1 N–H and O–H groups in total. The van der Waals surface area contributed by atoms with E-state index < -0.39 is 6.10 Å². The van der Waals surface area contributed by atoms with Crippen LogP contribution >= 0.6 is 11.6 Å². The summed E-state index contributed by atoms with van der Waals surface area (Å²) in [6, 6.07) is 2.46. The number of aliphatic hydroxyl groups is 1. The number of hydrogen-bond donors (Lipinski definition) is 1. The van der Waals surface area contributed by atoms with Gasteiger partial charge >= 0.3 is 0 Å². The summed E-state index contributed by atoms with van der Waals surface area (Å²) in [5, 5.41) is 12.5. The molecule has 0 aliphatic carbocycles. The van der Waals surface area contributed by atoms with E-state index in [1.807, 2.05) is 6.07 Å². The second-order valence-electron chi connectivity index (χ2n) is 7.09. The predicted octanol–water partition coefficient (Wildman–Crippen LogP) is 2.91. The van der Waals surface area contributed by atoms with Crippen molar-refractivity contribution in [2.24, 2.45) is 0 Å². The third kappa shape index (κ3) is 2.52. The van der Waals surface area contributed by atoms with Gasteiger partial charge in [0.25, 0.3) is 0 Å². The van der Waals surface area contributed by atoms with Crippen molar-refractivity contribution in [2.75, 3.05) is 13.1 Å². The second-order valence-corrected chi connectivity index (χ2v) is 7.52. The van der Waals surface area contributed by atoms with Crippen molar-refractivity contribution in [3.8, 4) is 0 Å². The minimum Gasteiger partial charge on any atom is -0.385 e. The first-order chi connectivity index (χ1) is 12.7.